The van der Waals surface area contributed by atoms with Crippen molar-refractivity contribution >= 4 is 5.91 Å². The van der Waals surface area contributed by atoms with Crippen molar-refractivity contribution in [3.63, 3.8) is 0 Å². The van der Waals surface area contributed by atoms with E-state index in [0.29, 0.717) is 18.0 Å². The van der Waals surface area contributed by atoms with Gasteiger partial charge >= 0.3 is 0 Å². The fourth-order valence-corrected chi connectivity index (χ4v) is 3.14. The van der Waals surface area contributed by atoms with Crippen LogP contribution in [-0.2, 0) is 0 Å². The number of hydrogen-bond donors (Lipinski definition) is 2. The zero-order valence-corrected chi connectivity index (χ0v) is 9.89. The molecule has 1 aromatic heterocycles. The van der Waals surface area contributed by atoms with Crippen LogP contribution in [0, 0.1) is 18.8 Å². The van der Waals surface area contributed by atoms with Gasteiger partial charge in [-0.2, -0.15) is 5.10 Å². The van der Waals surface area contributed by atoms with E-state index in [-0.39, 0.29) is 17.9 Å². The van der Waals surface area contributed by atoms with E-state index in [0.717, 1.165) is 25.1 Å². The number of amides is 1. The Morgan fingerprint density at radius 2 is 2.35 bits per heavy atom. The van der Waals surface area contributed by atoms with Gasteiger partial charge in [0.1, 0.15) is 0 Å². The summed E-state index contributed by atoms with van der Waals surface area (Å²) in [4.78, 5) is 14.1. The molecule has 3 unspecified atom stereocenters. The van der Waals surface area contributed by atoms with Crippen LogP contribution in [0.2, 0.25) is 0 Å². The molecule has 0 bridgehead atoms. The van der Waals surface area contributed by atoms with Gasteiger partial charge in [-0.05, 0) is 25.7 Å². The number of aliphatic hydroxyl groups is 1. The second kappa shape index (κ2) is 3.84. The molecule has 5 heteroatoms. The Balaban J connectivity index is 1.75. The highest BCUT2D eigenvalue weighted by atomic mass is 16.3. The van der Waals surface area contributed by atoms with Crippen molar-refractivity contribution < 1.29 is 9.90 Å². The van der Waals surface area contributed by atoms with E-state index in [1.807, 2.05) is 11.8 Å². The van der Waals surface area contributed by atoms with Gasteiger partial charge in [0.15, 0.2) is 0 Å². The van der Waals surface area contributed by atoms with Gasteiger partial charge in [0.2, 0.25) is 0 Å². The zero-order chi connectivity index (χ0) is 12.0. The number of aromatic amines is 1. The molecule has 5 nitrogen and oxygen atoms in total. The molecule has 0 radical (unpaired) electrons. The van der Waals surface area contributed by atoms with Crippen LogP contribution in [-0.4, -0.2) is 45.3 Å². The minimum absolute atomic E-state index is 0.0397. The number of hydrogen-bond acceptors (Lipinski definition) is 3. The second-order valence-corrected chi connectivity index (χ2v) is 5.19. The van der Waals surface area contributed by atoms with Crippen LogP contribution in [0.3, 0.4) is 0 Å². The number of aromatic nitrogens is 2. The Hall–Kier alpha value is -1.36. The van der Waals surface area contributed by atoms with Gasteiger partial charge in [-0.15, -0.1) is 0 Å². The van der Waals surface area contributed by atoms with Crippen LogP contribution in [0.25, 0.3) is 0 Å². The third-order valence-electron chi connectivity index (χ3n) is 4.17. The summed E-state index contributed by atoms with van der Waals surface area (Å²) >= 11 is 0. The number of fused-ring (bicyclic) bond motifs is 1. The number of likely N-dealkylation sites (tertiary alicyclic amines) is 1. The summed E-state index contributed by atoms with van der Waals surface area (Å²) in [5.41, 5.74) is 1.46. The smallest absolute Gasteiger partial charge is 0.257 e. The van der Waals surface area contributed by atoms with Crippen molar-refractivity contribution in [2.75, 3.05) is 13.1 Å². The summed E-state index contributed by atoms with van der Waals surface area (Å²) in [6.45, 7) is 3.33. The van der Waals surface area contributed by atoms with Gasteiger partial charge < -0.3 is 10.0 Å². The van der Waals surface area contributed by atoms with E-state index in [1.54, 1.807) is 6.20 Å². The third-order valence-corrected chi connectivity index (χ3v) is 4.17. The lowest BCUT2D eigenvalue weighted by Crippen LogP contribution is -2.31. The lowest BCUT2D eigenvalue weighted by Gasteiger charge is -2.18. The minimum atomic E-state index is -0.219. The van der Waals surface area contributed by atoms with Crippen LogP contribution in [0.4, 0.5) is 0 Å². The van der Waals surface area contributed by atoms with E-state index in [9.17, 15) is 9.90 Å². The maximum absolute atomic E-state index is 12.3. The van der Waals surface area contributed by atoms with E-state index in [2.05, 4.69) is 10.2 Å². The fraction of sp³-hybridized carbons (Fsp3) is 0.667. The number of H-pyrrole nitrogens is 1. The number of aryl methyl sites for hydroxylation is 1. The van der Waals surface area contributed by atoms with Crippen molar-refractivity contribution in [2.24, 2.45) is 11.8 Å². The molecule has 1 saturated heterocycles. The molecule has 1 amide bonds. The number of carbonyl (C=O) groups is 1. The zero-order valence-electron chi connectivity index (χ0n) is 9.89. The number of nitrogens with one attached hydrogen (secondary N) is 1. The first kappa shape index (κ1) is 10.8. The molecule has 1 aromatic rings. The average molecular weight is 235 g/mol. The Bertz CT molecular complexity index is 443. The molecule has 2 aliphatic rings. The van der Waals surface area contributed by atoms with E-state index < -0.39 is 0 Å². The lowest BCUT2D eigenvalue weighted by atomic mass is 10.00. The largest absolute Gasteiger partial charge is 0.393 e. The van der Waals surface area contributed by atoms with E-state index in [4.69, 9.17) is 0 Å². The molecular formula is C12H17N3O2. The molecule has 1 aliphatic heterocycles. The molecule has 0 spiro atoms. The van der Waals surface area contributed by atoms with Crippen LogP contribution in [0.1, 0.15) is 28.9 Å². The first-order valence-electron chi connectivity index (χ1n) is 6.14. The third kappa shape index (κ3) is 1.65. The molecule has 2 heterocycles. The van der Waals surface area contributed by atoms with Gasteiger partial charge in [-0.3, -0.25) is 9.89 Å². The fourth-order valence-electron chi connectivity index (χ4n) is 3.14. The Morgan fingerprint density at radius 3 is 3.00 bits per heavy atom. The SMILES string of the molecule is Cc1[nH]ncc1C(=O)N1CC2CCC(O)C2C1. The standard InChI is InChI=1S/C12H17N3O2/c1-7-9(4-13-14-7)12(17)15-5-8-2-3-11(16)10(8)6-15/h4,8,10-11,16H,2-3,5-6H2,1H3,(H,13,14). The number of carbonyl (C=O) groups excluding carboxylic acids is 1. The van der Waals surface area contributed by atoms with Gasteiger partial charge in [0.05, 0.1) is 17.9 Å². The van der Waals surface area contributed by atoms with Crippen LogP contribution in [0.15, 0.2) is 6.20 Å². The van der Waals surface area contributed by atoms with Crippen molar-refractivity contribution in [3.8, 4) is 0 Å². The molecule has 92 valence electrons. The van der Waals surface area contributed by atoms with Crippen LogP contribution in [0.5, 0.6) is 0 Å². The normalized spacial score (nSPS) is 31.9. The van der Waals surface area contributed by atoms with Gasteiger partial charge in [0, 0.05) is 24.7 Å². The van der Waals surface area contributed by atoms with Crippen LogP contribution < -0.4 is 0 Å². The first-order valence-corrected chi connectivity index (χ1v) is 6.14. The molecule has 2 fully saturated rings. The van der Waals surface area contributed by atoms with E-state index >= 15 is 0 Å². The van der Waals surface area contributed by atoms with Crippen molar-refractivity contribution in [3.05, 3.63) is 17.5 Å². The highest BCUT2D eigenvalue weighted by molar-refractivity contribution is 5.95. The summed E-state index contributed by atoms with van der Waals surface area (Å²) in [5.74, 6) is 0.810. The summed E-state index contributed by atoms with van der Waals surface area (Å²) < 4.78 is 0. The minimum Gasteiger partial charge on any atom is -0.393 e. The Morgan fingerprint density at radius 1 is 1.53 bits per heavy atom. The van der Waals surface area contributed by atoms with E-state index in [1.165, 1.54) is 0 Å². The Kier molecular flexibility index (Phi) is 2.43. The first-order chi connectivity index (χ1) is 8.16. The monoisotopic (exact) mass is 235 g/mol. The highest BCUT2D eigenvalue weighted by Crippen LogP contribution is 2.38. The van der Waals surface area contributed by atoms with Crippen LogP contribution >= 0.6 is 0 Å². The van der Waals surface area contributed by atoms with Crippen molar-refractivity contribution in [2.45, 2.75) is 25.9 Å². The molecule has 17 heavy (non-hydrogen) atoms. The predicted molar refractivity (Wildman–Crippen MR) is 61.4 cm³/mol. The number of nitrogens with zero attached hydrogens (tertiary/aromatic N) is 2. The van der Waals surface area contributed by atoms with Crippen molar-refractivity contribution in [1.82, 2.24) is 15.1 Å². The predicted octanol–water partition coefficient (Wildman–Crippen LogP) is 0.561. The van der Waals surface area contributed by atoms with Crippen molar-refractivity contribution in [1.29, 1.82) is 0 Å². The average Bonchev–Trinajstić information content (AvgIpc) is 2.96. The second-order valence-electron chi connectivity index (χ2n) is 5.19. The van der Waals surface area contributed by atoms with Gasteiger partial charge in [-0.1, -0.05) is 0 Å². The topological polar surface area (TPSA) is 69.2 Å². The molecule has 1 aliphatic carbocycles. The lowest BCUT2D eigenvalue weighted by molar-refractivity contribution is 0.0752. The maximum atomic E-state index is 12.3. The molecule has 3 rings (SSSR count). The summed E-state index contributed by atoms with van der Waals surface area (Å²) in [6, 6.07) is 0. The summed E-state index contributed by atoms with van der Waals surface area (Å²) in [5, 5.41) is 16.5. The quantitative estimate of drug-likeness (QED) is 0.747. The van der Waals surface area contributed by atoms with Gasteiger partial charge in [-0.25, -0.2) is 0 Å². The number of rotatable bonds is 1. The molecule has 1 saturated carbocycles. The maximum Gasteiger partial charge on any atom is 0.257 e. The molecular weight excluding hydrogens is 218 g/mol. The highest BCUT2D eigenvalue weighted by Gasteiger charge is 2.43. The summed E-state index contributed by atoms with van der Waals surface area (Å²) in [7, 11) is 0. The summed E-state index contributed by atoms with van der Waals surface area (Å²) in [6.07, 6.45) is 3.30. The molecule has 2 N–H and O–H groups in total. The number of aliphatic hydroxyl groups excluding tert-OH is 1. The molecule has 0 aromatic carbocycles. The Labute approximate surface area is 99.8 Å². The molecule has 3 atom stereocenters. The van der Waals surface area contributed by atoms with Gasteiger partial charge in [0.25, 0.3) is 5.91 Å².